The Balaban J connectivity index is 2.09. The summed E-state index contributed by atoms with van der Waals surface area (Å²) in [7, 11) is 0. The Morgan fingerprint density at radius 1 is 1.33 bits per heavy atom. The van der Waals surface area contributed by atoms with Crippen LogP contribution >= 0.6 is 0 Å². The van der Waals surface area contributed by atoms with Crippen molar-refractivity contribution < 1.29 is 0 Å². The molecule has 1 aliphatic carbocycles. The van der Waals surface area contributed by atoms with Gasteiger partial charge in [-0.3, -0.25) is 0 Å². The molecular formula is C13H16N2. The quantitative estimate of drug-likeness (QED) is 0.690. The average molecular weight is 200 g/mol. The highest BCUT2D eigenvalue weighted by atomic mass is 15.0. The van der Waals surface area contributed by atoms with Crippen LogP contribution in [0.1, 0.15) is 42.9 Å². The van der Waals surface area contributed by atoms with E-state index in [0.29, 0.717) is 5.92 Å². The van der Waals surface area contributed by atoms with Gasteiger partial charge in [0.2, 0.25) is 0 Å². The number of hydrogen-bond donors (Lipinski definition) is 0. The number of nitrogens with zero attached hydrogens (tertiary/aromatic N) is 2. The molecule has 3 rings (SSSR count). The van der Waals surface area contributed by atoms with Gasteiger partial charge in [-0.15, -0.1) is 0 Å². The van der Waals surface area contributed by atoms with Gasteiger partial charge in [-0.1, -0.05) is 18.9 Å². The van der Waals surface area contributed by atoms with Crippen LogP contribution in [0, 0.1) is 6.92 Å². The molecule has 0 bridgehead atoms. The van der Waals surface area contributed by atoms with E-state index >= 15 is 0 Å². The molecule has 2 nitrogen and oxygen atoms in total. The number of rotatable bonds is 1. The van der Waals surface area contributed by atoms with E-state index in [0.717, 1.165) is 5.65 Å². The van der Waals surface area contributed by atoms with E-state index in [2.05, 4.69) is 35.9 Å². The van der Waals surface area contributed by atoms with Gasteiger partial charge in [-0.05, 0) is 31.4 Å². The average Bonchev–Trinajstić information content (AvgIpc) is 2.86. The Labute approximate surface area is 90.0 Å². The summed E-state index contributed by atoms with van der Waals surface area (Å²) < 4.78 is 2.16. The van der Waals surface area contributed by atoms with Gasteiger partial charge in [0.05, 0.1) is 5.69 Å². The largest absolute Gasteiger partial charge is 0.307 e. The smallest absolute Gasteiger partial charge is 0.139 e. The molecule has 0 saturated heterocycles. The topological polar surface area (TPSA) is 17.3 Å². The lowest BCUT2D eigenvalue weighted by Crippen LogP contribution is -1.91. The maximum atomic E-state index is 4.76. The molecular weight excluding hydrogens is 184 g/mol. The van der Waals surface area contributed by atoms with Crippen molar-refractivity contribution in [3.05, 3.63) is 35.8 Å². The maximum Gasteiger partial charge on any atom is 0.139 e. The van der Waals surface area contributed by atoms with Gasteiger partial charge in [0.15, 0.2) is 0 Å². The minimum Gasteiger partial charge on any atom is -0.307 e. The van der Waals surface area contributed by atoms with Crippen LogP contribution in [0.25, 0.3) is 5.65 Å². The van der Waals surface area contributed by atoms with E-state index < -0.39 is 0 Å². The highest BCUT2D eigenvalue weighted by Gasteiger charge is 2.19. The summed E-state index contributed by atoms with van der Waals surface area (Å²) in [6.45, 7) is 2.13. The van der Waals surface area contributed by atoms with Crippen molar-refractivity contribution in [1.29, 1.82) is 0 Å². The second kappa shape index (κ2) is 3.37. The van der Waals surface area contributed by atoms with Gasteiger partial charge in [-0.25, -0.2) is 4.98 Å². The molecule has 1 saturated carbocycles. The third-order valence-electron chi connectivity index (χ3n) is 3.47. The molecule has 15 heavy (non-hydrogen) atoms. The third kappa shape index (κ3) is 1.44. The van der Waals surface area contributed by atoms with E-state index in [1.54, 1.807) is 0 Å². The molecule has 1 aliphatic rings. The molecule has 0 aliphatic heterocycles. The minimum absolute atomic E-state index is 0.712. The summed E-state index contributed by atoms with van der Waals surface area (Å²) in [6.07, 6.45) is 9.69. The van der Waals surface area contributed by atoms with E-state index in [4.69, 9.17) is 4.98 Å². The van der Waals surface area contributed by atoms with Gasteiger partial charge in [0.25, 0.3) is 0 Å². The van der Waals surface area contributed by atoms with Crippen LogP contribution in [0.5, 0.6) is 0 Å². The van der Waals surface area contributed by atoms with Crippen LogP contribution in [0.4, 0.5) is 0 Å². The Kier molecular flexibility index (Phi) is 2.01. The fourth-order valence-electron chi connectivity index (χ4n) is 2.59. The highest BCUT2D eigenvalue weighted by molar-refractivity contribution is 5.48. The molecule has 0 atom stereocenters. The Morgan fingerprint density at radius 2 is 2.13 bits per heavy atom. The van der Waals surface area contributed by atoms with Gasteiger partial charge in [0, 0.05) is 18.3 Å². The lowest BCUT2D eigenvalue weighted by Gasteiger charge is -2.02. The zero-order chi connectivity index (χ0) is 10.3. The molecule has 2 aromatic heterocycles. The van der Waals surface area contributed by atoms with Gasteiger partial charge >= 0.3 is 0 Å². The maximum absolute atomic E-state index is 4.76. The fraction of sp³-hybridized carbons (Fsp3) is 0.462. The van der Waals surface area contributed by atoms with Crippen LogP contribution in [-0.4, -0.2) is 9.38 Å². The van der Waals surface area contributed by atoms with E-state index in [1.165, 1.54) is 36.9 Å². The van der Waals surface area contributed by atoms with Crippen molar-refractivity contribution in [2.75, 3.05) is 0 Å². The van der Waals surface area contributed by atoms with Crippen LogP contribution in [0.3, 0.4) is 0 Å². The molecule has 2 aromatic rings. The highest BCUT2D eigenvalue weighted by Crippen LogP contribution is 2.33. The molecule has 0 spiro atoms. The van der Waals surface area contributed by atoms with Crippen LogP contribution < -0.4 is 0 Å². The number of hydrogen-bond acceptors (Lipinski definition) is 1. The third-order valence-corrected chi connectivity index (χ3v) is 3.47. The second-order valence-corrected chi connectivity index (χ2v) is 4.57. The number of aryl methyl sites for hydroxylation is 1. The summed E-state index contributed by atoms with van der Waals surface area (Å²) in [5.41, 5.74) is 3.68. The van der Waals surface area contributed by atoms with Crippen molar-refractivity contribution in [3.63, 3.8) is 0 Å². The monoisotopic (exact) mass is 200 g/mol. The first-order valence-corrected chi connectivity index (χ1v) is 5.79. The summed E-state index contributed by atoms with van der Waals surface area (Å²) in [5, 5.41) is 0. The van der Waals surface area contributed by atoms with Crippen LogP contribution in [-0.2, 0) is 0 Å². The van der Waals surface area contributed by atoms with E-state index in [-0.39, 0.29) is 0 Å². The van der Waals surface area contributed by atoms with E-state index in [9.17, 15) is 0 Å². The van der Waals surface area contributed by atoms with Gasteiger partial charge < -0.3 is 4.40 Å². The number of fused-ring (bicyclic) bond motifs is 1. The molecule has 2 heterocycles. The Bertz CT molecular complexity index is 478. The van der Waals surface area contributed by atoms with Crippen LogP contribution in [0.2, 0.25) is 0 Å². The lowest BCUT2D eigenvalue weighted by molar-refractivity contribution is 0.703. The zero-order valence-electron chi connectivity index (χ0n) is 9.11. The predicted molar refractivity (Wildman–Crippen MR) is 61.1 cm³/mol. The lowest BCUT2D eigenvalue weighted by atomic mass is 10.1. The van der Waals surface area contributed by atoms with Gasteiger partial charge in [0.1, 0.15) is 5.65 Å². The zero-order valence-corrected chi connectivity index (χ0v) is 9.11. The molecule has 0 unspecified atom stereocenters. The molecule has 2 heteroatoms. The minimum atomic E-state index is 0.712. The first-order valence-electron chi connectivity index (χ1n) is 5.79. The normalized spacial score (nSPS) is 17.7. The molecule has 0 radical (unpaired) electrons. The van der Waals surface area contributed by atoms with Crippen molar-refractivity contribution in [3.8, 4) is 0 Å². The molecule has 0 amide bonds. The predicted octanol–water partition coefficient (Wildman–Crippen LogP) is 3.30. The summed E-state index contributed by atoms with van der Waals surface area (Å²) in [5.74, 6) is 0.712. The standard InChI is InChI=1S/C13H16N2/c1-10-5-4-8-15-9-12(14-13(10)15)11-6-2-3-7-11/h4-5,8-9,11H,2-3,6-7H2,1H3. The van der Waals surface area contributed by atoms with Crippen molar-refractivity contribution in [2.24, 2.45) is 0 Å². The summed E-state index contributed by atoms with van der Waals surface area (Å²) in [4.78, 5) is 4.76. The molecule has 78 valence electrons. The van der Waals surface area contributed by atoms with Crippen molar-refractivity contribution >= 4 is 5.65 Å². The number of imidazole rings is 1. The van der Waals surface area contributed by atoms with Crippen LogP contribution in [0.15, 0.2) is 24.5 Å². The first-order chi connectivity index (χ1) is 7.34. The fourth-order valence-corrected chi connectivity index (χ4v) is 2.59. The molecule has 1 fully saturated rings. The van der Waals surface area contributed by atoms with Crippen molar-refractivity contribution in [2.45, 2.75) is 38.5 Å². The SMILES string of the molecule is Cc1cccn2cc(C3CCCC3)nc12. The summed E-state index contributed by atoms with van der Waals surface area (Å²) >= 11 is 0. The number of pyridine rings is 1. The number of aromatic nitrogens is 2. The van der Waals surface area contributed by atoms with Gasteiger partial charge in [-0.2, -0.15) is 0 Å². The Hall–Kier alpha value is -1.31. The first kappa shape index (κ1) is 8.96. The van der Waals surface area contributed by atoms with E-state index in [1.807, 2.05) is 0 Å². The van der Waals surface area contributed by atoms with Crippen molar-refractivity contribution in [1.82, 2.24) is 9.38 Å². The Morgan fingerprint density at radius 3 is 2.87 bits per heavy atom. The molecule has 0 aromatic carbocycles. The second-order valence-electron chi connectivity index (χ2n) is 4.57. The molecule has 0 N–H and O–H groups in total. The summed E-state index contributed by atoms with van der Waals surface area (Å²) in [6, 6.07) is 4.21.